The first-order valence-corrected chi connectivity index (χ1v) is 8.62. The van der Waals surface area contributed by atoms with E-state index in [1.807, 2.05) is 28.8 Å². The van der Waals surface area contributed by atoms with Crippen LogP contribution < -0.4 is 5.32 Å². The van der Waals surface area contributed by atoms with Crippen molar-refractivity contribution in [3.63, 3.8) is 0 Å². The van der Waals surface area contributed by atoms with Crippen LogP contribution in [0.4, 0.5) is 4.39 Å². The number of nitrogens with one attached hydrogen (secondary N) is 1. The van der Waals surface area contributed by atoms with Gasteiger partial charge in [0.25, 0.3) is 5.91 Å². The number of pyridine rings is 1. The molecule has 0 radical (unpaired) electrons. The van der Waals surface area contributed by atoms with Gasteiger partial charge in [-0.3, -0.25) is 9.20 Å². The first kappa shape index (κ1) is 17.2. The van der Waals surface area contributed by atoms with E-state index in [4.69, 9.17) is 11.6 Å². The van der Waals surface area contributed by atoms with Crippen molar-refractivity contribution in [3.8, 4) is 11.4 Å². The molecule has 0 aliphatic heterocycles. The maximum absolute atomic E-state index is 13.8. The summed E-state index contributed by atoms with van der Waals surface area (Å²) in [4.78, 5) is 12.3. The minimum Gasteiger partial charge on any atom is -0.348 e. The molecule has 0 bridgehead atoms. The minimum atomic E-state index is -0.447. The van der Waals surface area contributed by atoms with E-state index in [1.54, 1.807) is 30.3 Å². The van der Waals surface area contributed by atoms with Crippen LogP contribution in [0.2, 0.25) is 5.02 Å². The third kappa shape index (κ3) is 3.39. The summed E-state index contributed by atoms with van der Waals surface area (Å²) in [7, 11) is 0. The number of rotatable bonds is 4. The van der Waals surface area contributed by atoms with Gasteiger partial charge in [0.1, 0.15) is 5.82 Å². The minimum absolute atomic E-state index is 0.0148. The molecule has 0 saturated carbocycles. The molecular weight excluding hydrogens is 367 g/mol. The highest BCUT2D eigenvalue weighted by Gasteiger charge is 2.12. The number of amides is 1. The molecule has 4 aromatic rings. The highest BCUT2D eigenvalue weighted by atomic mass is 35.5. The van der Waals surface area contributed by atoms with Crippen molar-refractivity contribution in [2.45, 2.75) is 6.54 Å². The van der Waals surface area contributed by atoms with Crippen molar-refractivity contribution in [1.29, 1.82) is 0 Å². The maximum atomic E-state index is 13.8. The molecule has 0 unspecified atom stereocenters. The van der Waals surface area contributed by atoms with Gasteiger partial charge in [0.15, 0.2) is 11.5 Å². The van der Waals surface area contributed by atoms with Gasteiger partial charge in [0.05, 0.1) is 0 Å². The van der Waals surface area contributed by atoms with Gasteiger partial charge in [-0.1, -0.05) is 35.9 Å². The van der Waals surface area contributed by atoms with Gasteiger partial charge in [0, 0.05) is 34.5 Å². The van der Waals surface area contributed by atoms with Gasteiger partial charge >= 0.3 is 0 Å². The van der Waals surface area contributed by atoms with Gasteiger partial charge in [-0.2, -0.15) is 0 Å². The second-order valence-corrected chi connectivity index (χ2v) is 6.32. The number of carbonyl (C=O) groups excluding carboxylic acids is 1. The van der Waals surface area contributed by atoms with Gasteiger partial charge in [-0.15, -0.1) is 10.2 Å². The monoisotopic (exact) mass is 380 g/mol. The van der Waals surface area contributed by atoms with Crippen LogP contribution in [0.1, 0.15) is 15.9 Å². The molecule has 5 nitrogen and oxygen atoms in total. The zero-order chi connectivity index (χ0) is 18.8. The van der Waals surface area contributed by atoms with Crippen LogP contribution in [0.15, 0.2) is 66.9 Å². The molecule has 0 atom stereocenters. The zero-order valence-electron chi connectivity index (χ0n) is 14.1. The van der Waals surface area contributed by atoms with Crippen molar-refractivity contribution < 1.29 is 9.18 Å². The summed E-state index contributed by atoms with van der Waals surface area (Å²) in [6, 6.07) is 17.1. The van der Waals surface area contributed by atoms with E-state index >= 15 is 0 Å². The SMILES string of the molecule is O=C(NCc1c(F)cccc1Cl)c1ccc(-c2nnc3ccccn23)cc1. The summed E-state index contributed by atoms with van der Waals surface area (Å²) in [5, 5.41) is 11.3. The number of aromatic nitrogens is 3. The Bertz CT molecular complexity index is 1100. The van der Waals surface area contributed by atoms with Crippen molar-refractivity contribution in [2.24, 2.45) is 0 Å². The Labute approximate surface area is 159 Å². The van der Waals surface area contributed by atoms with E-state index in [1.165, 1.54) is 12.1 Å². The molecule has 0 spiro atoms. The van der Waals surface area contributed by atoms with Crippen molar-refractivity contribution in [3.05, 3.63) is 88.8 Å². The fraction of sp³-hybridized carbons (Fsp3) is 0.0500. The molecular formula is C20H14ClFN4O. The number of carbonyl (C=O) groups is 1. The van der Waals surface area contributed by atoms with Crippen LogP contribution in [0.5, 0.6) is 0 Å². The summed E-state index contributed by atoms with van der Waals surface area (Å²) in [5.74, 6) is -0.0699. The third-order valence-electron chi connectivity index (χ3n) is 4.21. The lowest BCUT2D eigenvalue weighted by molar-refractivity contribution is 0.0950. The third-order valence-corrected chi connectivity index (χ3v) is 4.56. The summed E-state index contributed by atoms with van der Waals surface area (Å²) in [5.41, 5.74) is 2.30. The predicted octanol–water partition coefficient (Wildman–Crippen LogP) is 4.12. The highest BCUT2D eigenvalue weighted by molar-refractivity contribution is 6.31. The summed E-state index contributed by atoms with van der Waals surface area (Å²) in [6.07, 6.45) is 1.88. The Morgan fingerprint density at radius 1 is 1.04 bits per heavy atom. The molecule has 0 fully saturated rings. The van der Waals surface area contributed by atoms with E-state index in [0.717, 1.165) is 11.2 Å². The molecule has 2 aromatic carbocycles. The Balaban J connectivity index is 1.51. The highest BCUT2D eigenvalue weighted by Crippen LogP contribution is 2.20. The number of benzene rings is 2. The molecule has 0 aliphatic rings. The fourth-order valence-electron chi connectivity index (χ4n) is 2.78. The van der Waals surface area contributed by atoms with Crippen LogP contribution in [0.25, 0.3) is 17.0 Å². The van der Waals surface area contributed by atoms with Gasteiger partial charge < -0.3 is 5.32 Å². The van der Waals surface area contributed by atoms with Gasteiger partial charge in [-0.05, 0) is 36.4 Å². The molecule has 134 valence electrons. The number of fused-ring (bicyclic) bond motifs is 1. The van der Waals surface area contributed by atoms with E-state index in [2.05, 4.69) is 15.5 Å². The van der Waals surface area contributed by atoms with Gasteiger partial charge in [0.2, 0.25) is 0 Å². The fourth-order valence-corrected chi connectivity index (χ4v) is 3.01. The molecule has 0 aliphatic carbocycles. The Kier molecular flexibility index (Phi) is 4.56. The maximum Gasteiger partial charge on any atom is 0.251 e. The Hall–Kier alpha value is -3.25. The largest absolute Gasteiger partial charge is 0.348 e. The molecule has 7 heteroatoms. The smallest absolute Gasteiger partial charge is 0.251 e. The quantitative estimate of drug-likeness (QED) is 0.579. The number of nitrogens with zero attached hydrogens (tertiary/aromatic N) is 3. The van der Waals surface area contributed by atoms with Crippen LogP contribution >= 0.6 is 11.6 Å². The van der Waals surface area contributed by atoms with Crippen LogP contribution in [0, 0.1) is 5.82 Å². The summed E-state index contributed by atoms with van der Waals surface area (Å²) in [6.45, 7) is 0.0148. The van der Waals surface area contributed by atoms with Crippen LogP contribution in [-0.4, -0.2) is 20.5 Å². The zero-order valence-corrected chi connectivity index (χ0v) is 14.8. The molecule has 4 rings (SSSR count). The summed E-state index contributed by atoms with van der Waals surface area (Å²) >= 11 is 5.98. The standard InChI is InChI=1S/C20H14ClFN4O/c21-16-4-3-5-17(22)15(16)12-23-20(27)14-9-7-13(8-10-14)19-25-24-18-6-1-2-11-26(18)19/h1-11H,12H2,(H,23,27). The Morgan fingerprint density at radius 3 is 2.63 bits per heavy atom. The van der Waals surface area contributed by atoms with Crippen molar-refractivity contribution in [2.75, 3.05) is 0 Å². The molecule has 27 heavy (non-hydrogen) atoms. The lowest BCUT2D eigenvalue weighted by Gasteiger charge is -2.08. The van der Waals surface area contributed by atoms with E-state index in [0.29, 0.717) is 11.4 Å². The normalized spacial score (nSPS) is 10.9. The van der Waals surface area contributed by atoms with Crippen LogP contribution in [-0.2, 0) is 6.54 Å². The second-order valence-electron chi connectivity index (χ2n) is 5.91. The van der Waals surface area contributed by atoms with Crippen molar-refractivity contribution >= 4 is 23.2 Å². The predicted molar refractivity (Wildman–Crippen MR) is 101 cm³/mol. The van der Waals surface area contributed by atoms with E-state index in [9.17, 15) is 9.18 Å². The van der Waals surface area contributed by atoms with E-state index in [-0.39, 0.29) is 23.0 Å². The first-order valence-electron chi connectivity index (χ1n) is 8.25. The molecule has 1 N–H and O–H groups in total. The number of hydrogen-bond donors (Lipinski definition) is 1. The summed E-state index contributed by atoms with van der Waals surface area (Å²) < 4.78 is 15.7. The first-order chi connectivity index (χ1) is 13.1. The van der Waals surface area contributed by atoms with E-state index < -0.39 is 5.82 Å². The molecule has 2 aromatic heterocycles. The second kappa shape index (κ2) is 7.17. The number of halogens is 2. The topological polar surface area (TPSA) is 59.3 Å². The lowest BCUT2D eigenvalue weighted by atomic mass is 10.1. The average Bonchev–Trinajstić information content (AvgIpc) is 3.12. The lowest BCUT2D eigenvalue weighted by Crippen LogP contribution is -2.23. The number of hydrogen-bond acceptors (Lipinski definition) is 3. The van der Waals surface area contributed by atoms with Crippen molar-refractivity contribution in [1.82, 2.24) is 19.9 Å². The van der Waals surface area contributed by atoms with Crippen LogP contribution in [0.3, 0.4) is 0 Å². The molecule has 2 heterocycles. The Morgan fingerprint density at radius 2 is 1.85 bits per heavy atom. The molecule has 1 amide bonds. The average molecular weight is 381 g/mol. The molecule has 0 saturated heterocycles. The van der Waals surface area contributed by atoms with Gasteiger partial charge in [-0.25, -0.2) is 4.39 Å².